The summed E-state index contributed by atoms with van der Waals surface area (Å²) >= 11 is 0. The molecule has 0 aliphatic rings. The lowest BCUT2D eigenvalue weighted by atomic mass is 10.3. The Morgan fingerprint density at radius 2 is 2.45 bits per heavy atom. The summed E-state index contributed by atoms with van der Waals surface area (Å²) in [5.74, 6) is 0.741. The molecule has 0 atom stereocenters. The van der Waals surface area contributed by atoms with Crippen LogP contribution in [-0.4, -0.2) is 14.8 Å². The van der Waals surface area contributed by atoms with E-state index < -0.39 is 0 Å². The fourth-order valence-corrected chi connectivity index (χ4v) is 0.958. The molecule has 0 aliphatic carbocycles. The highest BCUT2D eigenvalue weighted by Gasteiger charge is 2.03. The molecule has 0 unspecified atom stereocenters. The zero-order valence-electron chi connectivity index (χ0n) is 6.06. The van der Waals surface area contributed by atoms with E-state index in [0.717, 1.165) is 11.5 Å². The molecule has 11 heavy (non-hydrogen) atoms. The van der Waals surface area contributed by atoms with Crippen molar-refractivity contribution in [3.05, 3.63) is 24.9 Å². The molecule has 2 heterocycles. The predicted octanol–water partition coefficient (Wildman–Crippen LogP) is 1.08. The van der Waals surface area contributed by atoms with Crippen LogP contribution >= 0.6 is 0 Å². The van der Waals surface area contributed by atoms with Crippen molar-refractivity contribution in [1.82, 2.24) is 14.8 Å². The fourth-order valence-electron chi connectivity index (χ4n) is 0.958. The van der Waals surface area contributed by atoms with Crippen molar-refractivity contribution in [3.8, 4) is 11.5 Å². The molecule has 56 valence electrons. The molecule has 4 heteroatoms. The molecule has 0 spiro atoms. The second kappa shape index (κ2) is 2.23. The fraction of sp³-hybridized carbons (Fsp3) is 0.143. The van der Waals surface area contributed by atoms with E-state index in [9.17, 15) is 0 Å². The van der Waals surface area contributed by atoms with Gasteiger partial charge in [-0.3, -0.25) is 4.68 Å². The Morgan fingerprint density at radius 3 is 3.00 bits per heavy atom. The number of nitrogens with zero attached hydrogens (tertiary/aromatic N) is 3. The van der Waals surface area contributed by atoms with Gasteiger partial charge in [0.25, 0.3) is 0 Å². The Labute approximate surface area is 63.5 Å². The minimum atomic E-state index is 0.741. The quantitative estimate of drug-likeness (QED) is 0.609. The molecule has 4 nitrogen and oxygen atoms in total. The van der Waals surface area contributed by atoms with Crippen LogP contribution in [0.5, 0.6) is 0 Å². The van der Waals surface area contributed by atoms with Crippen molar-refractivity contribution >= 4 is 0 Å². The van der Waals surface area contributed by atoms with Gasteiger partial charge in [0.1, 0.15) is 5.69 Å². The van der Waals surface area contributed by atoms with Crippen molar-refractivity contribution in [1.29, 1.82) is 0 Å². The molecule has 0 aliphatic heterocycles. The van der Waals surface area contributed by atoms with E-state index in [-0.39, 0.29) is 0 Å². The second-order valence-corrected chi connectivity index (χ2v) is 2.21. The van der Waals surface area contributed by atoms with Crippen molar-refractivity contribution in [3.63, 3.8) is 0 Å². The minimum absolute atomic E-state index is 0.741. The molecule has 0 aromatic carbocycles. The average molecular weight is 149 g/mol. The van der Waals surface area contributed by atoms with Crippen LogP contribution in [0.2, 0.25) is 0 Å². The van der Waals surface area contributed by atoms with Gasteiger partial charge in [-0.15, -0.1) is 0 Å². The summed E-state index contributed by atoms with van der Waals surface area (Å²) in [4.78, 5) is 3.81. The number of aryl methyl sites for hydroxylation is 1. The van der Waals surface area contributed by atoms with Crippen molar-refractivity contribution < 1.29 is 4.42 Å². The molecule has 0 fully saturated rings. The van der Waals surface area contributed by atoms with Gasteiger partial charge in [0.05, 0.1) is 6.20 Å². The molecule has 0 N–H and O–H groups in total. The molecule has 2 aromatic rings. The van der Waals surface area contributed by atoms with Crippen molar-refractivity contribution in [2.75, 3.05) is 0 Å². The first-order chi connectivity index (χ1) is 5.38. The Balaban J connectivity index is 2.53. The van der Waals surface area contributed by atoms with Crippen LogP contribution in [-0.2, 0) is 7.05 Å². The van der Waals surface area contributed by atoms with E-state index in [1.807, 2.05) is 13.1 Å². The third-order valence-corrected chi connectivity index (χ3v) is 1.51. The molecule has 0 radical (unpaired) electrons. The van der Waals surface area contributed by atoms with Gasteiger partial charge in [-0.1, -0.05) is 0 Å². The zero-order valence-corrected chi connectivity index (χ0v) is 6.06. The maximum Gasteiger partial charge on any atom is 0.181 e. The Hall–Kier alpha value is -1.58. The zero-order chi connectivity index (χ0) is 7.68. The van der Waals surface area contributed by atoms with Crippen LogP contribution in [0.3, 0.4) is 0 Å². The number of oxazole rings is 1. The monoisotopic (exact) mass is 149 g/mol. The van der Waals surface area contributed by atoms with E-state index >= 15 is 0 Å². The molecular formula is C7H7N3O. The van der Waals surface area contributed by atoms with Gasteiger partial charge in [0.2, 0.25) is 0 Å². The number of hydrogen-bond acceptors (Lipinski definition) is 3. The predicted molar refractivity (Wildman–Crippen MR) is 38.7 cm³/mol. The summed E-state index contributed by atoms with van der Waals surface area (Å²) in [6.45, 7) is 0. The number of hydrogen-bond donors (Lipinski definition) is 0. The van der Waals surface area contributed by atoms with E-state index in [2.05, 4.69) is 10.1 Å². The van der Waals surface area contributed by atoms with Crippen LogP contribution in [0, 0.1) is 0 Å². The second-order valence-electron chi connectivity index (χ2n) is 2.21. The summed E-state index contributed by atoms with van der Waals surface area (Å²) in [7, 11) is 1.86. The highest BCUT2D eigenvalue weighted by atomic mass is 16.3. The van der Waals surface area contributed by atoms with Crippen LogP contribution in [0.25, 0.3) is 11.5 Å². The first-order valence-corrected chi connectivity index (χ1v) is 3.25. The maximum absolute atomic E-state index is 5.09. The maximum atomic E-state index is 5.09. The van der Waals surface area contributed by atoms with Crippen LogP contribution < -0.4 is 0 Å². The highest BCUT2D eigenvalue weighted by molar-refractivity contribution is 5.49. The lowest BCUT2D eigenvalue weighted by molar-refractivity contribution is 0.564. The Kier molecular flexibility index (Phi) is 1.25. The minimum Gasteiger partial charge on any atom is -0.442 e. The average Bonchev–Trinajstić information content (AvgIpc) is 2.55. The molecule has 0 amide bonds. The van der Waals surface area contributed by atoms with E-state index in [4.69, 9.17) is 4.42 Å². The third kappa shape index (κ3) is 0.920. The van der Waals surface area contributed by atoms with Crippen LogP contribution in [0.1, 0.15) is 0 Å². The largest absolute Gasteiger partial charge is 0.442 e. The number of rotatable bonds is 1. The molecule has 0 bridgehead atoms. The van der Waals surface area contributed by atoms with E-state index in [1.54, 1.807) is 17.1 Å². The summed E-state index contributed by atoms with van der Waals surface area (Å²) in [5, 5.41) is 4.00. The van der Waals surface area contributed by atoms with Gasteiger partial charge >= 0.3 is 0 Å². The molecule has 0 saturated heterocycles. The Bertz CT molecular complexity index is 336. The summed E-state index contributed by atoms with van der Waals surface area (Å²) < 4.78 is 6.82. The van der Waals surface area contributed by atoms with Crippen LogP contribution in [0.4, 0.5) is 0 Å². The smallest absolute Gasteiger partial charge is 0.181 e. The summed E-state index contributed by atoms with van der Waals surface area (Å²) in [6.07, 6.45) is 4.79. The molecule has 2 rings (SSSR count). The third-order valence-electron chi connectivity index (χ3n) is 1.51. The van der Waals surface area contributed by atoms with Gasteiger partial charge in [-0.05, 0) is 6.07 Å². The van der Waals surface area contributed by atoms with Gasteiger partial charge < -0.3 is 4.42 Å². The Morgan fingerprint density at radius 1 is 1.55 bits per heavy atom. The molecule has 2 aromatic heterocycles. The first-order valence-electron chi connectivity index (χ1n) is 3.25. The van der Waals surface area contributed by atoms with Gasteiger partial charge in [0, 0.05) is 13.2 Å². The summed E-state index contributed by atoms with van der Waals surface area (Å²) in [5.41, 5.74) is 0.933. The highest BCUT2D eigenvalue weighted by Crippen LogP contribution is 2.15. The lowest BCUT2D eigenvalue weighted by Gasteiger charge is -1.93. The van der Waals surface area contributed by atoms with Gasteiger partial charge in [-0.25, -0.2) is 4.98 Å². The van der Waals surface area contributed by atoms with E-state index in [1.165, 1.54) is 6.39 Å². The molecular weight excluding hydrogens is 142 g/mol. The van der Waals surface area contributed by atoms with Crippen molar-refractivity contribution in [2.45, 2.75) is 0 Å². The lowest BCUT2D eigenvalue weighted by Crippen LogP contribution is -1.91. The van der Waals surface area contributed by atoms with E-state index in [0.29, 0.717) is 0 Å². The standard InChI is InChI=1S/C7H7N3O/c1-10-6(2-3-9-10)7-4-8-5-11-7/h2-5H,1H3. The number of aromatic nitrogens is 3. The topological polar surface area (TPSA) is 43.9 Å². The SMILES string of the molecule is Cn1nccc1-c1cnco1. The normalized spacial score (nSPS) is 10.3. The summed E-state index contributed by atoms with van der Waals surface area (Å²) in [6, 6.07) is 1.88. The first kappa shape index (κ1) is 6.15. The van der Waals surface area contributed by atoms with Crippen molar-refractivity contribution in [2.24, 2.45) is 7.05 Å². The van der Waals surface area contributed by atoms with Gasteiger partial charge in [0.15, 0.2) is 12.2 Å². The molecule has 0 saturated carbocycles. The van der Waals surface area contributed by atoms with Gasteiger partial charge in [-0.2, -0.15) is 5.10 Å². The van der Waals surface area contributed by atoms with Crippen LogP contribution in [0.15, 0.2) is 29.3 Å².